The largest absolute Gasteiger partial charge is 0.360 e. The van der Waals surface area contributed by atoms with Gasteiger partial charge in [0.15, 0.2) is 5.82 Å². The van der Waals surface area contributed by atoms with Gasteiger partial charge in [-0.2, -0.15) is 0 Å². The molecule has 1 aromatic heterocycles. The van der Waals surface area contributed by atoms with Crippen molar-refractivity contribution in [3.05, 3.63) is 11.8 Å². The molecule has 1 aliphatic heterocycles. The van der Waals surface area contributed by atoms with Crippen molar-refractivity contribution in [1.29, 1.82) is 0 Å². The standard InChI is InChI=1S/C19H31N5O3/c1-15-13-17(22-27-15)21-18(25)14-24(12-11-23-9-5-6-10-23)19(26)20-16-7-3-2-4-8-16/h13,16H,2-12,14H2,1H3,(H,20,26)(H,21,22,25). The maximum atomic E-state index is 12.8. The average molecular weight is 377 g/mol. The minimum Gasteiger partial charge on any atom is -0.360 e. The molecule has 0 unspecified atom stereocenters. The van der Waals surface area contributed by atoms with E-state index in [2.05, 4.69) is 20.7 Å². The summed E-state index contributed by atoms with van der Waals surface area (Å²) in [6, 6.07) is 1.74. The summed E-state index contributed by atoms with van der Waals surface area (Å²) in [5.74, 6) is 0.749. The van der Waals surface area contributed by atoms with E-state index in [1.54, 1.807) is 17.9 Å². The van der Waals surface area contributed by atoms with Gasteiger partial charge in [0.1, 0.15) is 12.3 Å². The second-order valence-electron chi connectivity index (χ2n) is 7.63. The first-order valence-electron chi connectivity index (χ1n) is 10.1. The van der Waals surface area contributed by atoms with Crippen molar-refractivity contribution in [2.75, 3.05) is 38.0 Å². The van der Waals surface area contributed by atoms with Crippen LogP contribution in [0, 0.1) is 6.92 Å². The summed E-state index contributed by atoms with van der Waals surface area (Å²) in [5.41, 5.74) is 0. The molecule has 3 rings (SSSR count). The van der Waals surface area contributed by atoms with Crippen molar-refractivity contribution >= 4 is 17.8 Å². The topological polar surface area (TPSA) is 90.7 Å². The Bertz CT molecular complexity index is 621. The van der Waals surface area contributed by atoms with Crippen LogP contribution in [-0.2, 0) is 4.79 Å². The van der Waals surface area contributed by atoms with Crippen LogP contribution in [0.2, 0.25) is 0 Å². The number of nitrogens with zero attached hydrogens (tertiary/aromatic N) is 3. The van der Waals surface area contributed by atoms with Crippen LogP contribution in [-0.4, -0.2) is 65.7 Å². The number of urea groups is 1. The first kappa shape index (κ1) is 19.7. The van der Waals surface area contributed by atoms with E-state index in [1.807, 2.05) is 0 Å². The Hall–Kier alpha value is -2.09. The third-order valence-electron chi connectivity index (χ3n) is 5.33. The zero-order valence-corrected chi connectivity index (χ0v) is 16.2. The highest BCUT2D eigenvalue weighted by Crippen LogP contribution is 2.17. The van der Waals surface area contributed by atoms with E-state index in [0.29, 0.717) is 18.1 Å². The summed E-state index contributed by atoms with van der Waals surface area (Å²) >= 11 is 0. The zero-order chi connectivity index (χ0) is 19.1. The molecule has 1 aliphatic carbocycles. The van der Waals surface area contributed by atoms with Gasteiger partial charge in [0.05, 0.1) is 0 Å². The van der Waals surface area contributed by atoms with Crippen LogP contribution in [0.5, 0.6) is 0 Å². The van der Waals surface area contributed by atoms with E-state index in [1.165, 1.54) is 19.3 Å². The number of carbonyl (C=O) groups excluding carboxylic acids is 2. The van der Waals surface area contributed by atoms with Gasteiger partial charge in [-0.3, -0.25) is 4.79 Å². The molecule has 0 radical (unpaired) electrons. The molecule has 0 bridgehead atoms. The molecular formula is C19H31N5O3. The van der Waals surface area contributed by atoms with Crippen molar-refractivity contribution in [3.8, 4) is 0 Å². The summed E-state index contributed by atoms with van der Waals surface area (Å²) in [6.07, 6.45) is 8.02. The highest BCUT2D eigenvalue weighted by atomic mass is 16.5. The third kappa shape index (κ3) is 6.23. The minimum absolute atomic E-state index is 0.0122. The Kier molecular flexibility index (Phi) is 7.09. The molecule has 2 N–H and O–H groups in total. The Morgan fingerprint density at radius 2 is 1.96 bits per heavy atom. The highest BCUT2D eigenvalue weighted by Gasteiger charge is 2.23. The van der Waals surface area contributed by atoms with Crippen LogP contribution in [0.1, 0.15) is 50.7 Å². The van der Waals surface area contributed by atoms with Gasteiger partial charge in [-0.05, 0) is 45.7 Å². The lowest BCUT2D eigenvalue weighted by Gasteiger charge is -2.29. The predicted octanol–water partition coefficient (Wildman–Crippen LogP) is 2.36. The van der Waals surface area contributed by atoms with E-state index in [0.717, 1.165) is 45.3 Å². The Morgan fingerprint density at radius 3 is 2.63 bits per heavy atom. The third-order valence-corrected chi connectivity index (χ3v) is 5.33. The summed E-state index contributed by atoms with van der Waals surface area (Å²) in [6.45, 7) is 5.27. The molecule has 2 fully saturated rings. The number of amides is 3. The van der Waals surface area contributed by atoms with Gasteiger partial charge in [0, 0.05) is 25.2 Å². The van der Waals surface area contributed by atoms with Crippen LogP contribution in [0.15, 0.2) is 10.6 Å². The lowest BCUT2D eigenvalue weighted by atomic mass is 9.96. The SMILES string of the molecule is Cc1cc(NC(=O)CN(CCN2CCCC2)C(=O)NC2CCCCC2)no1. The van der Waals surface area contributed by atoms with E-state index >= 15 is 0 Å². The number of aromatic nitrogens is 1. The number of hydrogen-bond donors (Lipinski definition) is 2. The summed E-state index contributed by atoms with van der Waals surface area (Å²) in [5, 5.41) is 9.60. The molecule has 1 saturated heterocycles. The van der Waals surface area contributed by atoms with Crippen LogP contribution < -0.4 is 10.6 Å². The Labute approximate surface area is 160 Å². The number of anilines is 1. The van der Waals surface area contributed by atoms with Crippen LogP contribution >= 0.6 is 0 Å². The van der Waals surface area contributed by atoms with Crippen LogP contribution in [0.3, 0.4) is 0 Å². The second-order valence-corrected chi connectivity index (χ2v) is 7.63. The highest BCUT2D eigenvalue weighted by molar-refractivity contribution is 5.93. The van der Waals surface area contributed by atoms with Crippen molar-refractivity contribution < 1.29 is 14.1 Å². The number of rotatable bonds is 7. The van der Waals surface area contributed by atoms with Gasteiger partial charge in [0.25, 0.3) is 0 Å². The number of aryl methyl sites for hydroxylation is 1. The summed E-state index contributed by atoms with van der Waals surface area (Å²) in [7, 11) is 0. The Morgan fingerprint density at radius 1 is 1.22 bits per heavy atom. The Balaban J connectivity index is 1.55. The normalized spacial score (nSPS) is 18.4. The van der Waals surface area contributed by atoms with Crippen molar-refractivity contribution in [1.82, 2.24) is 20.3 Å². The smallest absolute Gasteiger partial charge is 0.318 e. The van der Waals surface area contributed by atoms with E-state index in [-0.39, 0.29) is 24.5 Å². The van der Waals surface area contributed by atoms with Gasteiger partial charge >= 0.3 is 6.03 Å². The lowest BCUT2D eigenvalue weighted by molar-refractivity contribution is -0.116. The molecule has 0 atom stereocenters. The van der Waals surface area contributed by atoms with Crippen molar-refractivity contribution in [2.45, 2.75) is 57.9 Å². The maximum Gasteiger partial charge on any atom is 0.318 e. The maximum absolute atomic E-state index is 12.8. The number of carbonyl (C=O) groups is 2. The molecule has 3 amide bonds. The van der Waals surface area contributed by atoms with Crippen LogP contribution in [0.4, 0.5) is 10.6 Å². The first-order valence-corrected chi connectivity index (χ1v) is 10.1. The number of hydrogen-bond acceptors (Lipinski definition) is 5. The monoisotopic (exact) mass is 377 g/mol. The number of likely N-dealkylation sites (tertiary alicyclic amines) is 1. The lowest BCUT2D eigenvalue weighted by Crippen LogP contribution is -2.50. The summed E-state index contributed by atoms with van der Waals surface area (Å²) in [4.78, 5) is 29.2. The molecule has 2 heterocycles. The van der Waals surface area contributed by atoms with E-state index in [4.69, 9.17) is 4.52 Å². The molecule has 150 valence electrons. The first-order chi connectivity index (χ1) is 13.1. The number of nitrogens with one attached hydrogen (secondary N) is 2. The molecule has 8 nitrogen and oxygen atoms in total. The van der Waals surface area contributed by atoms with Gasteiger partial charge < -0.3 is 25.0 Å². The van der Waals surface area contributed by atoms with E-state index in [9.17, 15) is 9.59 Å². The van der Waals surface area contributed by atoms with Gasteiger partial charge in [-0.15, -0.1) is 0 Å². The predicted molar refractivity (Wildman–Crippen MR) is 103 cm³/mol. The molecular weight excluding hydrogens is 346 g/mol. The molecule has 0 aromatic carbocycles. The molecule has 27 heavy (non-hydrogen) atoms. The fourth-order valence-electron chi connectivity index (χ4n) is 3.81. The van der Waals surface area contributed by atoms with Gasteiger partial charge in [-0.25, -0.2) is 4.79 Å². The zero-order valence-electron chi connectivity index (χ0n) is 16.2. The average Bonchev–Trinajstić information content (AvgIpc) is 3.31. The second kappa shape index (κ2) is 9.73. The molecule has 8 heteroatoms. The summed E-state index contributed by atoms with van der Waals surface area (Å²) < 4.78 is 4.97. The molecule has 0 spiro atoms. The van der Waals surface area contributed by atoms with Gasteiger partial charge in [0.2, 0.25) is 5.91 Å². The molecule has 1 aromatic rings. The molecule has 2 aliphatic rings. The fourth-order valence-corrected chi connectivity index (χ4v) is 3.81. The van der Waals surface area contributed by atoms with Crippen molar-refractivity contribution in [3.63, 3.8) is 0 Å². The quantitative estimate of drug-likeness (QED) is 0.761. The molecule has 1 saturated carbocycles. The fraction of sp³-hybridized carbons (Fsp3) is 0.737. The van der Waals surface area contributed by atoms with E-state index < -0.39 is 0 Å². The van der Waals surface area contributed by atoms with Crippen LogP contribution in [0.25, 0.3) is 0 Å². The van der Waals surface area contributed by atoms with Gasteiger partial charge in [-0.1, -0.05) is 24.4 Å². The minimum atomic E-state index is -0.261. The van der Waals surface area contributed by atoms with Crippen molar-refractivity contribution in [2.24, 2.45) is 0 Å².